The van der Waals surface area contributed by atoms with Crippen molar-refractivity contribution in [3.8, 4) is 0 Å². The minimum Gasteiger partial charge on any atom is -0.453 e. The molecule has 8 nitrogen and oxygen atoms in total. The lowest BCUT2D eigenvalue weighted by Crippen LogP contribution is -2.48. The number of amides is 1. The molecule has 3 aliphatic heterocycles. The molecule has 9 heteroatoms. The number of fused-ring (bicyclic) bond motifs is 4. The fourth-order valence-corrected chi connectivity index (χ4v) is 4.65. The van der Waals surface area contributed by atoms with Crippen LogP contribution in [0.2, 0.25) is 0 Å². The molecule has 0 aliphatic carbocycles. The maximum atomic E-state index is 12.7. The van der Waals surface area contributed by atoms with E-state index < -0.39 is 10.2 Å². The van der Waals surface area contributed by atoms with Crippen LogP contribution in [0.15, 0.2) is 16.5 Å². The Kier molecular flexibility index (Phi) is 4.69. The second-order valence-corrected chi connectivity index (χ2v) is 8.73. The Morgan fingerprint density at radius 2 is 2.04 bits per heavy atom. The molecule has 2 bridgehead atoms. The summed E-state index contributed by atoms with van der Waals surface area (Å²) in [6.45, 7) is 1.00. The number of aliphatic hydroxyl groups is 1. The Bertz CT molecular complexity index is 714. The molecule has 4 rings (SSSR count). The van der Waals surface area contributed by atoms with Gasteiger partial charge in [0.25, 0.3) is 16.1 Å². The standard InChI is InChI=1S/C15H23N3O5S/c1-16(2)24(21,22)17-7-11-3-4-12(9-17)18(8-11)15(20)14-6-5-13(10-19)23-14/h5-6,11-12,19H,3-4,7-10H2,1-2H3/t11-,12+/m0/s1. The molecule has 0 aromatic carbocycles. The quantitative estimate of drug-likeness (QED) is 0.826. The van der Waals surface area contributed by atoms with Crippen LogP contribution in [0.1, 0.15) is 29.2 Å². The molecular formula is C15H23N3O5S. The van der Waals surface area contributed by atoms with Gasteiger partial charge in [0.1, 0.15) is 12.4 Å². The highest BCUT2D eigenvalue weighted by atomic mass is 32.2. The minimum absolute atomic E-state index is 0.120. The van der Waals surface area contributed by atoms with Gasteiger partial charge in [-0.1, -0.05) is 0 Å². The maximum absolute atomic E-state index is 12.7. The Morgan fingerprint density at radius 1 is 1.29 bits per heavy atom. The maximum Gasteiger partial charge on any atom is 0.289 e. The second-order valence-electron chi connectivity index (χ2n) is 6.59. The summed E-state index contributed by atoms with van der Waals surface area (Å²) >= 11 is 0. The van der Waals surface area contributed by atoms with Gasteiger partial charge >= 0.3 is 0 Å². The van der Waals surface area contributed by atoms with E-state index in [0.717, 1.165) is 12.8 Å². The van der Waals surface area contributed by atoms with Crippen molar-refractivity contribution in [2.45, 2.75) is 25.5 Å². The van der Waals surface area contributed by atoms with E-state index in [0.29, 0.717) is 25.4 Å². The largest absolute Gasteiger partial charge is 0.453 e. The molecule has 3 saturated heterocycles. The number of furan rings is 1. The van der Waals surface area contributed by atoms with Crippen molar-refractivity contribution in [1.29, 1.82) is 0 Å². The summed E-state index contributed by atoms with van der Waals surface area (Å²) in [5.41, 5.74) is 0. The van der Waals surface area contributed by atoms with Crippen LogP contribution in [0, 0.1) is 5.92 Å². The number of hydrogen-bond donors (Lipinski definition) is 1. The lowest BCUT2D eigenvalue weighted by molar-refractivity contribution is 0.0552. The Morgan fingerprint density at radius 3 is 2.67 bits per heavy atom. The van der Waals surface area contributed by atoms with Crippen molar-refractivity contribution in [3.63, 3.8) is 0 Å². The smallest absolute Gasteiger partial charge is 0.289 e. The Hall–Kier alpha value is -1.42. The number of piperidine rings is 1. The molecule has 3 aliphatic rings. The fourth-order valence-electron chi connectivity index (χ4n) is 3.43. The third-order valence-electron chi connectivity index (χ3n) is 4.76. The van der Waals surface area contributed by atoms with Gasteiger partial charge < -0.3 is 14.4 Å². The number of rotatable bonds is 4. The van der Waals surface area contributed by atoms with E-state index in [4.69, 9.17) is 9.52 Å². The van der Waals surface area contributed by atoms with Crippen LogP contribution in [0.3, 0.4) is 0 Å². The van der Waals surface area contributed by atoms with E-state index in [1.165, 1.54) is 22.7 Å². The van der Waals surface area contributed by atoms with Crippen LogP contribution < -0.4 is 0 Å². The highest BCUT2D eigenvalue weighted by Crippen LogP contribution is 2.31. The molecule has 0 spiro atoms. The summed E-state index contributed by atoms with van der Waals surface area (Å²) in [6.07, 6.45) is 1.69. The zero-order valence-corrected chi connectivity index (χ0v) is 14.7. The summed E-state index contributed by atoms with van der Waals surface area (Å²) in [7, 11) is -0.454. The average Bonchev–Trinajstić information content (AvgIpc) is 2.84. The van der Waals surface area contributed by atoms with Gasteiger partial charge in [-0.15, -0.1) is 0 Å². The first-order valence-electron chi connectivity index (χ1n) is 8.01. The van der Waals surface area contributed by atoms with E-state index in [-0.39, 0.29) is 30.2 Å². The van der Waals surface area contributed by atoms with Crippen molar-refractivity contribution in [2.75, 3.05) is 33.7 Å². The molecule has 134 valence electrons. The van der Waals surface area contributed by atoms with Gasteiger partial charge in [-0.25, -0.2) is 0 Å². The molecule has 1 aromatic rings. The van der Waals surface area contributed by atoms with Crippen LogP contribution in [0.5, 0.6) is 0 Å². The third-order valence-corrected chi connectivity index (χ3v) is 6.63. The zero-order valence-electron chi connectivity index (χ0n) is 13.9. The number of aliphatic hydroxyl groups excluding tert-OH is 1. The molecule has 0 radical (unpaired) electrons. The molecular weight excluding hydrogens is 334 g/mol. The minimum atomic E-state index is -3.49. The third kappa shape index (κ3) is 3.08. The Labute approximate surface area is 141 Å². The first-order valence-corrected chi connectivity index (χ1v) is 9.40. The summed E-state index contributed by atoms with van der Waals surface area (Å²) in [5, 5.41) is 9.07. The number of carbonyl (C=O) groups excluding carboxylic acids is 1. The summed E-state index contributed by atoms with van der Waals surface area (Å²) < 4.78 is 32.9. The van der Waals surface area contributed by atoms with Gasteiger partial charge in [0.15, 0.2) is 5.76 Å². The molecule has 1 amide bonds. The molecule has 4 heterocycles. The van der Waals surface area contributed by atoms with Crippen molar-refractivity contribution in [1.82, 2.24) is 13.5 Å². The van der Waals surface area contributed by atoms with Crippen LogP contribution in [-0.4, -0.2) is 72.7 Å². The first-order chi connectivity index (χ1) is 11.3. The van der Waals surface area contributed by atoms with Gasteiger partial charge in [-0.3, -0.25) is 4.79 Å². The molecule has 24 heavy (non-hydrogen) atoms. The second kappa shape index (κ2) is 6.47. The van der Waals surface area contributed by atoms with Gasteiger partial charge in [0, 0.05) is 39.8 Å². The van der Waals surface area contributed by atoms with E-state index in [1.54, 1.807) is 17.0 Å². The summed E-state index contributed by atoms with van der Waals surface area (Å²) in [5.74, 6) is 0.409. The summed E-state index contributed by atoms with van der Waals surface area (Å²) in [6, 6.07) is 2.97. The zero-order chi connectivity index (χ0) is 17.5. The van der Waals surface area contributed by atoms with Gasteiger partial charge in [-0.2, -0.15) is 17.0 Å². The lowest BCUT2D eigenvalue weighted by Gasteiger charge is -2.35. The van der Waals surface area contributed by atoms with Crippen molar-refractivity contribution < 1.29 is 22.7 Å². The van der Waals surface area contributed by atoms with E-state index in [9.17, 15) is 13.2 Å². The van der Waals surface area contributed by atoms with E-state index in [1.807, 2.05) is 0 Å². The average molecular weight is 357 g/mol. The highest BCUT2D eigenvalue weighted by Gasteiger charge is 2.42. The van der Waals surface area contributed by atoms with Crippen LogP contribution in [0.4, 0.5) is 0 Å². The topological polar surface area (TPSA) is 94.3 Å². The van der Waals surface area contributed by atoms with Crippen molar-refractivity contribution >= 4 is 16.1 Å². The number of hydrogen-bond acceptors (Lipinski definition) is 5. The van der Waals surface area contributed by atoms with Gasteiger partial charge in [0.05, 0.1) is 0 Å². The molecule has 1 aromatic heterocycles. The van der Waals surface area contributed by atoms with E-state index in [2.05, 4.69) is 0 Å². The van der Waals surface area contributed by atoms with Crippen LogP contribution in [0.25, 0.3) is 0 Å². The number of nitrogens with zero attached hydrogens (tertiary/aromatic N) is 3. The van der Waals surface area contributed by atoms with Gasteiger partial charge in [-0.05, 0) is 30.9 Å². The predicted octanol–water partition coefficient (Wildman–Crippen LogP) is 0.115. The fraction of sp³-hybridized carbons (Fsp3) is 0.667. The molecule has 0 unspecified atom stereocenters. The SMILES string of the molecule is CN(C)S(=O)(=O)N1C[C@@H]2CC[C@H](C1)N(C(=O)c1ccc(CO)o1)C2. The molecule has 0 saturated carbocycles. The Balaban J connectivity index is 1.82. The highest BCUT2D eigenvalue weighted by molar-refractivity contribution is 7.86. The first kappa shape index (κ1) is 17.4. The predicted molar refractivity (Wildman–Crippen MR) is 86.4 cm³/mol. The van der Waals surface area contributed by atoms with E-state index >= 15 is 0 Å². The van der Waals surface area contributed by atoms with Crippen molar-refractivity contribution in [3.05, 3.63) is 23.7 Å². The number of carbonyl (C=O) groups is 1. The monoisotopic (exact) mass is 357 g/mol. The lowest BCUT2D eigenvalue weighted by atomic mass is 9.95. The summed E-state index contributed by atoms with van der Waals surface area (Å²) in [4.78, 5) is 14.5. The molecule has 1 N–H and O–H groups in total. The van der Waals surface area contributed by atoms with Crippen LogP contribution >= 0.6 is 0 Å². The van der Waals surface area contributed by atoms with Gasteiger partial charge in [0.2, 0.25) is 0 Å². The van der Waals surface area contributed by atoms with Crippen molar-refractivity contribution in [2.24, 2.45) is 5.92 Å². The molecule has 3 fully saturated rings. The molecule has 2 atom stereocenters. The normalized spacial score (nSPS) is 25.2. The van der Waals surface area contributed by atoms with Crippen LogP contribution in [-0.2, 0) is 16.8 Å².